The molecule has 0 aliphatic carbocycles. The van der Waals surface area contributed by atoms with E-state index in [1.165, 1.54) is 0 Å². The quantitative estimate of drug-likeness (QED) is 0.790. The van der Waals surface area contributed by atoms with Gasteiger partial charge in [0, 0.05) is 7.05 Å². The van der Waals surface area contributed by atoms with Gasteiger partial charge in [0.25, 0.3) is 0 Å². The number of benzene rings is 1. The first-order chi connectivity index (χ1) is 8.41. The van der Waals surface area contributed by atoms with Crippen molar-refractivity contribution < 1.29 is 0 Å². The van der Waals surface area contributed by atoms with Gasteiger partial charge in [0.05, 0.1) is 16.7 Å². The van der Waals surface area contributed by atoms with E-state index in [0.717, 1.165) is 22.5 Å². The molecule has 1 heterocycles. The highest BCUT2D eigenvalue weighted by atomic mass is 35.5. The van der Waals surface area contributed by atoms with Gasteiger partial charge in [-0.15, -0.1) is 0 Å². The van der Waals surface area contributed by atoms with E-state index in [-0.39, 0.29) is 0 Å². The van der Waals surface area contributed by atoms with Gasteiger partial charge >= 0.3 is 0 Å². The minimum absolute atomic E-state index is 0.294. The summed E-state index contributed by atoms with van der Waals surface area (Å²) in [5, 5.41) is 0.587. The average Bonchev–Trinajstić information content (AvgIpc) is 2.53. The maximum absolute atomic E-state index is 5.92. The van der Waals surface area contributed by atoms with Gasteiger partial charge in [-0.1, -0.05) is 36.4 Å². The molecule has 5 heteroatoms. The Morgan fingerprint density at radius 1 is 1.28 bits per heavy atom. The predicted molar refractivity (Wildman–Crippen MR) is 77.9 cm³/mol. The van der Waals surface area contributed by atoms with E-state index in [2.05, 4.69) is 18.1 Å². The molecule has 0 spiro atoms. The highest BCUT2D eigenvalue weighted by Gasteiger charge is 2.13. The molecule has 0 radical (unpaired) electrons. The lowest BCUT2D eigenvalue weighted by Gasteiger charge is -2.21. The number of aromatic nitrogens is 2. The van der Waals surface area contributed by atoms with Crippen LogP contribution in [0.25, 0.3) is 11.0 Å². The summed E-state index contributed by atoms with van der Waals surface area (Å²) in [6, 6.07) is 5.78. The van der Waals surface area contributed by atoms with Crippen LogP contribution in [-0.4, -0.2) is 9.55 Å². The first-order valence-electron chi connectivity index (χ1n) is 5.34. The van der Waals surface area contributed by atoms with Gasteiger partial charge in [-0.25, -0.2) is 4.98 Å². The van der Waals surface area contributed by atoms with E-state index in [0.29, 0.717) is 10.3 Å². The standard InChI is InChI=1S/C13H13Cl2N3/c1-8(14)18(9(2)15)11-5-6-13-12(7-11)16-10(3)17(13)4/h5-7H,1-2H2,3-4H3. The van der Waals surface area contributed by atoms with Crippen molar-refractivity contribution in [1.82, 2.24) is 9.55 Å². The number of hydrogen-bond acceptors (Lipinski definition) is 2. The van der Waals surface area contributed by atoms with Crippen LogP contribution in [0.3, 0.4) is 0 Å². The van der Waals surface area contributed by atoms with E-state index >= 15 is 0 Å². The molecule has 0 N–H and O–H groups in total. The second-order valence-electron chi connectivity index (χ2n) is 3.98. The lowest BCUT2D eigenvalue weighted by molar-refractivity contribution is 0.886. The fourth-order valence-corrected chi connectivity index (χ4v) is 2.30. The summed E-state index contributed by atoms with van der Waals surface area (Å²) in [4.78, 5) is 6.03. The van der Waals surface area contributed by atoms with E-state index in [9.17, 15) is 0 Å². The van der Waals surface area contributed by atoms with Gasteiger partial charge in [-0.3, -0.25) is 4.90 Å². The zero-order valence-electron chi connectivity index (χ0n) is 10.2. The second kappa shape index (κ2) is 4.67. The Kier molecular flexibility index (Phi) is 3.37. The fraction of sp³-hybridized carbons (Fsp3) is 0.154. The number of halogens is 2. The number of anilines is 1. The van der Waals surface area contributed by atoms with Gasteiger partial charge in [0.2, 0.25) is 0 Å². The van der Waals surface area contributed by atoms with Crippen molar-refractivity contribution in [2.75, 3.05) is 4.90 Å². The Balaban J connectivity index is 2.59. The Bertz CT molecular complexity index is 629. The topological polar surface area (TPSA) is 21.1 Å². The summed E-state index contributed by atoms with van der Waals surface area (Å²) in [5.74, 6) is 0.947. The van der Waals surface area contributed by atoms with Crippen LogP contribution in [0.15, 0.2) is 41.7 Å². The minimum Gasteiger partial charge on any atom is -0.331 e. The molecular formula is C13H13Cl2N3. The van der Waals surface area contributed by atoms with Crippen molar-refractivity contribution in [1.29, 1.82) is 0 Å². The van der Waals surface area contributed by atoms with Crippen LogP contribution in [0.2, 0.25) is 0 Å². The maximum Gasteiger partial charge on any atom is 0.107 e. The molecule has 94 valence electrons. The van der Waals surface area contributed by atoms with E-state index in [1.807, 2.05) is 36.7 Å². The van der Waals surface area contributed by atoms with Gasteiger partial charge in [-0.2, -0.15) is 0 Å². The normalized spacial score (nSPS) is 10.7. The third-order valence-electron chi connectivity index (χ3n) is 2.83. The molecule has 0 atom stereocenters. The number of aryl methyl sites for hydroxylation is 2. The smallest absolute Gasteiger partial charge is 0.107 e. The van der Waals surface area contributed by atoms with Gasteiger partial charge in [0.1, 0.15) is 16.1 Å². The van der Waals surface area contributed by atoms with Crippen LogP contribution >= 0.6 is 23.2 Å². The number of fused-ring (bicyclic) bond motifs is 1. The maximum atomic E-state index is 5.92. The summed E-state index contributed by atoms with van der Waals surface area (Å²) < 4.78 is 2.02. The molecule has 1 aromatic heterocycles. The first kappa shape index (κ1) is 13.0. The Morgan fingerprint density at radius 3 is 2.44 bits per heavy atom. The lowest BCUT2D eigenvalue weighted by atomic mass is 10.2. The molecule has 0 saturated carbocycles. The van der Waals surface area contributed by atoms with Gasteiger partial charge < -0.3 is 4.57 Å². The molecular weight excluding hydrogens is 269 g/mol. The zero-order chi connectivity index (χ0) is 13.4. The largest absolute Gasteiger partial charge is 0.331 e. The van der Waals surface area contributed by atoms with Crippen molar-refractivity contribution in [3.63, 3.8) is 0 Å². The van der Waals surface area contributed by atoms with Crippen molar-refractivity contribution in [2.45, 2.75) is 6.92 Å². The van der Waals surface area contributed by atoms with Gasteiger partial charge in [0.15, 0.2) is 0 Å². The molecule has 18 heavy (non-hydrogen) atoms. The number of imidazole rings is 1. The summed E-state index contributed by atoms with van der Waals surface area (Å²) in [6.07, 6.45) is 0. The second-order valence-corrected chi connectivity index (χ2v) is 4.85. The predicted octanol–water partition coefficient (Wildman–Crippen LogP) is 4.11. The van der Waals surface area contributed by atoms with Crippen molar-refractivity contribution in [3.05, 3.63) is 47.5 Å². The molecule has 0 bridgehead atoms. The molecule has 0 amide bonds. The SMILES string of the molecule is C=C(Cl)N(C(=C)Cl)c1ccc2c(c1)nc(C)n2C. The Labute approximate surface area is 116 Å². The molecule has 1 aromatic carbocycles. The molecule has 2 rings (SSSR count). The summed E-state index contributed by atoms with van der Waals surface area (Å²) in [5.41, 5.74) is 2.73. The van der Waals surface area contributed by atoms with Crippen LogP contribution in [0, 0.1) is 6.92 Å². The zero-order valence-corrected chi connectivity index (χ0v) is 11.8. The molecule has 0 fully saturated rings. The van der Waals surface area contributed by atoms with Crippen molar-refractivity contribution >= 4 is 39.9 Å². The molecule has 0 saturated heterocycles. The van der Waals surface area contributed by atoms with Crippen LogP contribution in [-0.2, 0) is 7.05 Å². The first-order valence-corrected chi connectivity index (χ1v) is 6.09. The monoisotopic (exact) mass is 281 g/mol. The Hall–Kier alpha value is -1.45. The lowest BCUT2D eigenvalue weighted by Crippen LogP contribution is -2.14. The third kappa shape index (κ3) is 2.11. The highest BCUT2D eigenvalue weighted by Crippen LogP contribution is 2.29. The number of hydrogen-bond donors (Lipinski definition) is 0. The molecule has 3 nitrogen and oxygen atoms in total. The molecule has 0 aliphatic heterocycles. The van der Waals surface area contributed by atoms with Crippen LogP contribution in [0.1, 0.15) is 5.82 Å². The van der Waals surface area contributed by atoms with Crippen LogP contribution in [0.4, 0.5) is 5.69 Å². The third-order valence-corrected chi connectivity index (χ3v) is 3.17. The van der Waals surface area contributed by atoms with E-state index in [4.69, 9.17) is 23.2 Å². The van der Waals surface area contributed by atoms with Crippen molar-refractivity contribution in [2.24, 2.45) is 7.05 Å². The Morgan fingerprint density at radius 2 is 1.89 bits per heavy atom. The minimum atomic E-state index is 0.294. The van der Waals surface area contributed by atoms with Crippen LogP contribution in [0.5, 0.6) is 0 Å². The summed E-state index contributed by atoms with van der Waals surface area (Å²) >= 11 is 11.8. The summed E-state index contributed by atoms with van der Waals surface area (Å²) in [6.45, 7) is 9.31. The van der Waals surface area contributed by atoms with Crippen molar-refractivity contribution in [3.8, 4) is 0 Å². The molecule has 2 aromatic rings. The number of rotatable bonds is 3. The fourth-order valence-electron chi connectivity index (χ4n) is 1.86. The number of nitrogens with zero attached hydrogens (tertiary/aromatic N) is 3. The molecule has 0 aliphatic rings. The summed E-state index contributed by atoms with van der Waals surface area (Å²) in [7, 11) is 1.98. The molecule has 0 unspecified atom stereocenters. The average molecular weight is 282 g/mol. The van der Waals surface area contributed by atoms with Crippen LogP contribution < -0.4 is 4.90 Å². The van der Waals surface area contributed by atoms with E-state index in [1.54, 1.807) is 4.90 Å². The van der Waals surface area contributed by atoms with E-state index < -0.39 is 0 Å². The van der Waals surface area contributed by atoms with Gasteiger partial charge in [-0.05, 0) is 25.1 Å². The highest BCUT2D eigenvalue weighted by molar-refractivity contribution is 6.36.